The average Bonchev–Trinajstić information content (AvgIpc) is 2.36. The number of nitrogens with one attached hydrogen (secondary N) is 1. The van der Waals surface area contributed by atoms with Gasteiger partial charge in [0.05, 0.1) is 5.56 Å². The van der Waals surface area contributed by atoms with Crippen LogP contribution in [0.4, 0.5) is 11.4 Å². The maximum Gasteiger partial charge on any atom is 0.257 e. The molecule has 2 rings (SSSR count). The molecular formula is C16H17BrN2O. The van der Waals surface area contributed by atoms with Gasteiger partial charge in [-0.2, -0.15) is 0 Å². The van der Waals surface area contributed by atoms with Crippen LogP contribution in [-0.2, 0) is 0 Å². The van der Waals surface area contributed by atoms with E-state index in [9.17, 15) is 4.79 Å². The van der Waals surface area contributed by atoms with E-state index in [-0.39, 0.29) is 5.91 Å². The number of carbonyl (C=O) groups is 1. The summed E-state index contributed by atoms with van der Waals surface area (Å²) in [5.74, 6) is -0.181. The fraction of sp³-hybridized carbons (Fsp3) is 0.188. The van der Waals surface area contributed by atoms with Gasteiger partial charge in [-0.05, 0) is 55.7 Å². The van der Waals surface area contributed by atoms with E-state index < -0.39 is 0 Å². The molecular weight excluding hydrogens is 316 g/mol. The molecule has 1 amide bonds. The third-order valence-corrected chi connectivity index (χ3v) is 3.76. The first-order chi connectivity index (χ1) is 9.40. The molecule has 3 nitrogen and oxygen atoms in total. The van der Waals surface area contributed by atoms with Gasteiger partial charge < -0.3 is 11.1 Å². The fourth-order valence-electron chi connectivity index (χ4n) is 2.17. The first kappa shape index (κ1) is 14.6. The lowest BCUT2D eigenvalue weighted by atomic mass is 10.1. The molecule has 2 aromatic rings. The monoisotopic (exact) mass is 332 g/mol. The Labute approximate surface area is 127 Å². The molecule has 0 saturated heterocycles. The molecule has 2 aromatic carbocycles. The first-order valence-corrected chi connectivity index (χ1v) is 7.12. The minimum absolute atomic E-state index is 0.181. The molecule has 0 atom stereocenters. The Balaban J connectivity index is 2.36. The zero-order chi connectivity index (χ0) is 14.9. The van der Waals surface area contributed by atoms with Crippen molar-refractivity contribution >= 4 is 33.2 Å². The summed E-state index contributed by atoms with van der Waals surface area (Å²) >= 11 is 3.45. The molecule has 0 aromatic heterocycles. The number of hydrogen-bond acceptors (Lipinski definition) is 2. The Morgan fingerprint density at radius 3 is 2.30 bits per heavy atom. The van der Waals surface area contributed by atoms with E-state index in [2.05, 4.69) is 21.2 Å². The van der Waals surface area contributed by atoms with E-state index >= 15 is 0 Å². The number of nitrogen functional groups attached to an aromatic ring is 1. The molecule has 0 heterocycles. The van der Waals surface area contributed by atoms with Gasteiger partial charge >= 0.3 is 0 Å². The highest BCUT2D eigenvalue weighted by molar-refractivity contribution is 9.10. The van der Waals surface area contributed by atoms with Gasteiger partial charge in [0.2, 0.25) is 0 Å². The third kappa shape index (κ3) is 2.85. The zero-order valence-corrected chi connectivity index (χ0v) is 13.3. The SMILES string of the molecule is Cc1cccc(C(=O)Nc2c(C)cc(Br)cc2C)c1N. The molecule has 0 aliphatic carbocycles. The Morgan fingerprint density at radius 2 is 1.70 bits per heavy atom. The number of rotatable bonds is 2. The molecule has 0 saturated carbocycles. The van der Waals surface area contributed by atoms with Gasteiger partial charge in [0, 0.05) is 15.8 Å². The quantitative estimate of drug-likeness (QED) is 0.809. The Hall–Kier alpha value is -1.81. The molecule has 0 unspecified atom stereocenters. The van der Waals surface area contributed by atoms with E-state index in [1.807, 2.05) is 45.0 Å². The van der Waals surface area contributed by atoms with Crippen LogP contribution in [0.1, 0.15) is 27.0 Å². The normalized spacial score (nSPS) is 10.4. The standard InChI is InChI=1S/C16H17BrN2O/c1-9-5-4-6-13(14(9)18)16(20)19-15-10(2)7-12(17)8-11(15)3/h4-8H,18H2,1-3H3,(H,19,20). The summed E-state index contributed by atoms with van der Waals surface area (Å²) in [5.41, 5.74) is 10.8. The topological polar surface area (TPSA) is 55.1 Å². The summed E-state index contributed by atoms with van der Waals surface area (Å²) in [4.78, 5) is 12.4. The van der Waals surface area contributed by atoms with E-state index in [4.69, 9.17) is 5.73 Å². The van der Waals surface area contributed by atoms with Gasteiger partial charge in [-0.1, -0.05) is 28.1 Å². The van der Waals surface area contributed by atoms with Gasteiger partial charge in [0.15, 0.2) is 0 Å². The summed E-state index contributed by atoms with van der Waals surface area (Å²) in [6, 6.07) is 9.41. The second-order valence-electron chi connectivity index (χ2n) is 4.90. The molecule has 20 heavy (non-hydrogen) atoms. The molecule has 4 heteroatoms. The van der Waals surface area contributed by atoms with Crippen molar-refractivity contribution in [3.05, 3.63) is 57.1 Å². The number of amides is 1. The zero-order valence-electron chi connectivity index (χ0n) is 11.8. The van der Waals surface area contributed by atoms with Gasteiger partial charge in [0.25, 0.3) is 5.91 Å². The highest BCUT2D eigenvalue weighted by Gasteiger charge is 2.13. The van der Waals surface area contributed by atoms with E-state index in [0.29, 0.717) is 11.3 Å². The second-order valence-corrected chi connectivity index (χ2v) is 5.82. The molecule has 0 aliphatic rings. The van der Waals surface area contributed by atoms with Crippen LogP contribution < -0.4 is 11.1 Å². The van der Waals surface area contributed by atoms with Crippen LogP contribution in [-0.4, -0.2) is 5.91 Å². The number of hydrogen-bond donors (Lipinski definition) is 2. The molecule has 104 valence electrons. The minimum Gasteiger partial charge on any atom is -0.398 e. The van der Waals surface area contributed by atoms with Crippen molar-refractivity contribution in [2.75, 3.05) is 11.1 Å². The lowest BCUT2D eigenvalue weighted by Gasteiger charge is -2.14. The second kappa shape index (κ2) is 5.67. The minimum atomic E-state index is -0.181. The van der Waals surface area contributed by atoms with E-state index in [1.165, 1.54) is 0 Å². The summed E-state index contributed by atoms with van der Waals surface area (Å²) in [7, 11) is 0. The van der Waals surface area contributed by atoms with Crippen molar-refractivity contribution in [2.24, 2.45) is 0 Å². The van der Waals surface area contributed by atoms with Crippen molar-refractivity contribution in [2.45, 2.75) is 20.8 Å². The number of halogens is 1. The summed E-state index contributed by atoms with van der Waals surface area (Å²) in [5, 5.41) is 2.95. The van der Waals surface area contributed by atoms with E-state index in [1.54, 1.807) is 6.07 Å². The highest BCUT2D eigenvalue weighted by Crippen LogP contribution is 2.26. The molecule has 0 bridgehead atoms. The molecule has 0 fully saturated rings. The summed E-state index contributed by atoms with van der Waals surface area (Å²) < 4.78 is 1.00. The number of benzene rings is 2. The predicted molar refractivity (Wildman–Crippen MR) is 87.2 cm³/mol. The molecule has 0 radical (unpaired) electrons. The lowest BCUT2D eigenvalue weighted by molar-refractivity contribution is 0.102. The number of aryl methyl sites for hydroxylation is 3. The van der Waals surface area contributed by atoms with Crippen LogP contribution >= 0.6 is 15.9 Å². The van der Waals surface area contributed by atoms with Crippen LogP contribution in [0.3, 0.4) is 0 Å². The van der Waals surface area contributed by atoms with Gasteiger partial charge in [-0.3, -0.25) is 4.79 Å². The maximum absolute atomic E-state index is 12.4. The number of para-hydroxylation sites is 1. The lowest BCUT2D eigenvalue weighted by Crippen LogP contribution is -2.16. The molecule has 3 N–H and O–H groups in total. The van der Waals surface area contributed by atoms with Crippen molar-refractivity contribution in [3.63, 3.8) is 0 Å². The Kier molecular flexibility index (Phi) is 4.14. The maximum atomic E-state index is 12.4. The van der Waals surface area contributed by atoms with Crippen LogP contribution in [0, 0.1) is 20.8 Å². The van der Waals surface area contributed by atoms with Gasteiger partial charge in [-0.25, -0.2) is 0 Å². The van der Waals surface area contributed by atoms with Crippen LogP contribution in [0.5, 0.6) is 0 Å². The smallest absolute Gasteiger partial charge is 0.257 e. The first-order valence-electron chi connectivity index (χ1n) is 6.33. The number of anilines is 2. The van der Waals surface area contributed by atoms with Crippen molar-refractivity contribution in [3.8, 4) is 0 Å². The fourth-order valence-corrected chi connectivity index (χ4v) is 2.85. The number of carbonyl (C=O) groups excluding carboxylic acids is 1. The average molecular weight is 333 g/mol. The van der Waals surface area contributed by atoms with Gasteiger partial charge in [-0.15, -0.1) is 0 Å². The van der Waals surface area contributed by atoms with Crippen molar-refractivity contribution < 1.29 is 4.79 Å². The molecule has 0 aliphatic heterocycles. The Morgan fingerprint density at radius 1 is 1.10 bits per heavy atom. The summed E-state index contributed by atoms with van der Waals surface area (Å²) in [6.07, 6.45) is 0. The predicted octanol–water partition coefficient (Wildman–Crippen LogP) is 4.21. The van der Waals surface area contributed by atoms with Crippen LogP contribution in [0.15, 0.2) is 34.8 Å². The van der Waals surface area contributed by atoms with Crippen LogP contribution in [0.25, 0.3) is 0 Å². The van der Waals surface area contributed by atoms with Crippen molar-refractivity contribution in [1.82, 2.24) is 0 Å². The van der Waals surface area contributed by atoms with Gasteiger partial charge in [0.1, 0.15) is 0 Å². The van der Waals surface area contributed by atoms with Crippen LogP contribution in [0.2, 0.25) is 0 Å². The van der Waals surface area contributed by atoms with E-state index in [0.717, 1.165) is 26.9 Å². The third-order valence-electron chi connectivity index (χ3n) is 3.30. The highest BCUT2D eigenvalue weighted by atomic mass is 79.9. The van der Waals surface area contributed by atoms with Crippen molar-refractivity contribution in [1.29, 1.82) is 0 Å². The largest absolute Gasteiger partial charge is 0.398 e. The molecule has 0 spiro atoms. The Bertz CT molecular complexity index is 657. The summed E-state index contributed by atoms with van der Waals surface area (Å²) in [6.45, 7) is 5.82. The number of nitrogens with two attached hydrogens (primary N) is 1.